The summed E-state index contributed by atoms with van der Waals surface area (Å²) in [7, 11) is 0. The molecule has 0 unspecified atom stereocenters. The summed E-state index contributed by atoms with van der Waals surface area (Å²) >= 11 is 0. The van der Waals surface area contributed by atoms with Crippen LogP contribution >= 0.6 is 0 Å². The molecular formula is C9H10F3N. The molecule has 1 aromatic carbocycles. The van der Waals surface area contributed by atoms with E-state index in [4.69, 9.17) is 5.73 Å². The van der Waals surface area contributed by atoms with E-state index in [1.54, 1.807) is 6.92 Å². The number of nitrogens with two attached hydrogens (primary N) is 1. The van der Waals surface area contributed by atoms with Crippen molar-refractivity contribution in [2.75, 3.05) is 0 Å². The first-order chi connectivity index (χ1) is 6.02. The molecule has 0 fully saturated rings. The monoisotopic (exact) mass is 189 g/mol. The molecule has 1 aromatic rings. The Morgan fingerprint density at radius 2 is 1.85 bits per heavy atom. The largest absolute Gasteiger partial charge is 0.324 e. The average molecular weight is 189 g/mol. The third-order valence-corrected chi connectivity index (χ3v) is 1.77. The number of hydrogen-bond acceptors (Lipinski definition) is 1. The van der Waals surface area contributed by atoms with Crippen LogP contribution in [-0.4, -0.2) is 0 Å². The second kappa shape index (κ2) is 3.79. The topological polar surface area (TPSA) is 26.0 Å². The molecule has 0 aliphatic carbocycles. The number of benzene rings is 1. The summed E-state index contributed by atoms with van der Waals surface area (Å²) in [5.41, 5.74) is 5.39. The van der Waals surface area contributed by atoms with Crippen molar-refractivity contribution >= 4 is 0 Å². The lowest BCUT2D eigenvalue weighted by Gasteiger charge is -2.11. The maximum absolute atomic E-state index is 12.7. The summed E-state index contributed by atoms with van der Waals surface area (Å²) in [6, 6.07) is 2.54. The van der Waals surface area contributed by atoms with Gasteiger partial charge in [0, 0.05) is 11.6 Å². The lowest BCUT2D eigenvalue weighted by Crippen LogP contribution is -2.09. The number of hydrogen-bond donors (Lipinski definition) is 1. The van der Waals surface area contributed by atoms with E-state index in [0.29, 0.717) is 0 Å². The zero-order valence-corrected chi connectivity index (χ0v) is 7.10. The Labute approximate surface area is 74.4 Å². The predicted octanol–water partition coefficient (Wildman–Crippen LogP) is 2.78. The zero-order valence-electron chi connectivity index (χ0n) is 7.10. The second-order valence-corrected chi connectivity index (χ2v) is 2.86. The highest BCUT2D eigenvalue weighted by Crippen LogP contribution is 2.26. The Kier molecular flexibility index (Phi) is 2.93. The van der Waals surface area contributed by atoms with Crippen molar-refractivity contribution in [1.82, 2.24) is 0 Å². The van der Waals surface area contributed by atoms with Crippen LogP contribution in [-0.2, 0) is 0 Å². The van der Waals surface area contributed by atoms with Gasteiger partial charge in [-0.2, -0.15) is 0 Å². The molecule has 2 N–H and O–H groups in total. The van der Waals surface area contributed by atoms with Crippen LogP contribution in [0.2, 0.25) is 0 Å². The van der Waals surface area contributed by atoms with Crippen LogP contribution in [0.4, 0.5) is 13.2 Å². The van der Waals surface area contributed by atoms with Gasteiger partial charge in [-0.1, -0.05) is 6.07 Å². The van der Waals surface area contributed by atoms with Crippen LogP contribution in [0.5, 0.6) is 0 Å². The van der Waals surface area contributed by atoms with Gasteiger partial charge in [0.05, 0.1) is 0 Å². The molecule has 0 spiro atoms. The standard InChI is InChI=1S/C9H10F3N/c1-5(13)8-4-6(10)2-3-7(8)9(11)12/h2-5,9H,13H2,1H3/t5-/m1/s1. The Bertz CT molecular complexity index is 297. The third kappa shape index (κ3) is 2.21. The minimum atomic E-state index is -2.61. The fourth-order valence-corrected chi connectivity index (χ4v) is 1.14. The van der Waals surface area contributed by atoms with Crippen molar-refractivity contribution in [3.05, 3.63) is 35.1 Å². The van der Waals surface area contributed by atoms with E-state index < -0.39 is 18.3 Å². The van der Waals surface area contributed by atoms with Crippen molar-refractivity contribution < 1.29 is 13.2 Å². The fraction of sp³-hybridized carbons (Fsp3) is 0.333. The molecule has 0 bridgehead atoms. The summed E-state index contributed by atoms with van der Waals surface area (Å²) in [6.07, 6.45) is -2.61. The molecule has 0 aliphatic heterocycles. The SMILES string of the molecule is C[C@@H](N)c1cc(F)ccc1C(F)F. The van der Waals surface area contributed by atoms with Crippen LogP contribution in [0.3, 0.4) is 0 Å². The van der Waals surface area contributed by atoms with E-state index in [-0.39, 0.29) is 11.1 Å². The molecule has 72 valence electrons. The molecular weight excluding hydrogens is 179 g/mol. The molecule has 0 saturated carbocycles. The van der Waals surface area contributed by atoms with Crippen molar-refractivity contribution in [2.45, 2.75) is 19.4 Å². The van der Waals surface area contributed by atoms with Crippen LogP contribution in [0, 0.1) is 5.82 Å². The van der Waals surface area contributed by atoms with E-state index in [1.807, 2.05) is 0 Å². The quantitative estimate of drug-likeness (QED) is 0.760. The van der Waals surface area contributed by atoms with Crippen molar-refractivity contribution in [1.29, 1.82) is 0 Å². The summed E-state index contributed by atoms with van der Waals surface area (Å²) in [6.45, 7) is 1.54. The molecule has 0 saturated heterocycles. The Hall–Kier alpha value is -1.03. The normalized spacial score (nSPS) is 13.4. The van der Waals surface area contributed by atoms with Gasteiger partial charge in [-0.3, -0.25) is 0 Å². The van der Waals surface area contributed by atoms with Gasteiger partial charge in [0.25, 0.3) is 6.43 Å². The maximum atomic E-state index is 12.7. The molecule has 13 heavy (non-hydrogen) atoms. The zero-order chi connectivity index (χ0) is 10.0. The van der Waals surface area contributed by atoms with Crippen molar-refractivity contribution in [3.8, 4) is 0 Å². The Morgan fingerprint density at radius 1 is 1.23 bits per heavy atom. The lowest BCUT2D eigenvalue weighted by atomic mass is 10.0. The Morgan fingerprint density at radius 3 is 2.31 bits per heavy atom. The van der Waals surface area contributed by atoms with Gasteiger partial charge in [-0.25, -0.2) is 13.2 Å². The first-order valence-corrected chi connectivity index (χ1v) is 3.85. The van der Waals surface area contributed by atoms with E-state index >= 15 is 0 Å². The maximum Gasteiger partial charge on any atom is 0.264 e. The lowest BCUT2D eigenvalue weighted by molar-refractivity contribution is 0.149. The van der Waals surface area contributed by atoms with Gasteiger partial charge in [0.15, 0.2) is 0 Å². The minimum absolute atomic E-state index is 0.162. The summed E-state index contributed by atoms with van der Waals surface area (Å²) in [5.74, 6) is -0.545. The summed E-state index contributed by atoms with van der Waals surface area (Å²) in [5, 5.41) is 0. The van der Waals surface area contributed by atoms with Gasteiger partial charge in [0.1, 0.15) is 5.82 Å². The number of halogens is 3. The van der Waals surface area contributed by atoms with Gasteiger partial charge in [0.2, 0.25) is 0 Å². The highest BCUT2D eigenvalue weighted by molar-refractivity contribution is 5.31. The molecule has 0 amide bonds. The van der Waals surface area contributed by atoms with E-state index in [2.05, 4.69) is 0 Å². The molecule has 1 nitrogen and oxygen atoms in total. The first-order valence-electron chi connectivity index (χ1n) is 3.85. The number of alkyl halides is 2. The van der Waals surface area contributed by atoms with Gasteiger partial charge in [-0.15, -0.1) is 0 Å². The highest BCUT2D eigenvalue weighted by atomic mass is 19.3. The molecule has 1 atom stereocenters. The smallest absolute Gasteiger partial charge is 0.264 e. The third-order valence-electron chi connectivity index (χ3n) is 1.77. The Balaban J connectivity index is 3.19. The predicted molar refractivity (Wildman–Crippen MR) is 44.0 cm³/mol. The van der Waals surface area contributed by atoms with Crippen LogP contribution < -0.4 is 5.73 Å². The van der Waals surface area contributed by atoms with E-state index in [0.717, 1.165) is 18.2 Å². The molecule has 0 radical (unpaired) electrons. The molecule has 1 rings (SSSR count). The van der Waals surface area contributed by atoms with Crippen LogP contribution in [0.15, 0.2) is 18.2 Å². The van der Waals surface area contributed by atoms with Crippen molar-refractivity contribution in [2.24, 2.45) is 5.73 Å². The van der Waals surface area contributed by atoms with Crippen molar-refractivity contribution in [3.63, 3.8) is 0 Å². The summed E-state index contributed by atoms with van der Waals surface area (Å²) in [4.78, 5) is 0. The second-order valence-electron chi connectivity index (χ2n) is 2.86. The molecule has 4 heteroatoms. The summed E-state index contributed by atoms with van der Waals surface area (Å²) < 4.78 is 37.4. The van der Waals surface area contributed by atoms with Crippen LogP contribution in [0.25, 0.3) is 0 Å². The first kappa shape index (κ1) is 10.1. The highest BCUT2D eigenvalue weighted by Gasteiger charge is 2.15. The van der Waals surface area contributed by atoms with Gasteiger partial charge < -0.3 is 5.73 Å². The van der Waals surface area contributed by atoms with Gasteiger partial charge in [-0.05, 0) is 24.6 Å². The van der Waals surface area contributed by atoms with E-state index in [1.165, 1.54) is 0 Å². The minimum Gasteiger partial charge on any atom is -0.324 e. The molecule has 0 aliphatic rings. The average Bonchev–Trinajstić information content (AvgIpc) is 2.03. The molecule has 0 heterocycles. The van der Waals surface area contributed by atoms with Gasteiger partial charge >= 0.3 is 0 Å². The molecule has 0 aromatic heterocycles. The van der Waals surface area contributed by atoms with Crippen LogP contribution in [0.1, 0.15) is 30.5 Å². The number of rotatable bonds is 2. The fourth-order valence-electron chi connectivity index (χ4n) is 1.14. The van der Waals surface area contributed by atoms with E-state index in [9.17, 15) is 13.2 Å².